The first kappa shape index (κ1) is 13.8. The van der Waals surface area contributed by atoms with E-state index in [4.69, 9.17) is 0 Å². The molecule has 1 aliphatic rings. The molecule has 0 saturated carbocycles. The molecule has 3 nitrogen and oxygen atoms in total. The van der Waals surface area contributed by atoms with Crippen LogP contribution in [-0.4, -0.2) is 24.4 Å². The van der Waals surface area contributed by atoms with Gasteiger partial charge < -0.3 is 10.2 Å². The Morgan fingerprint density at radius 1 is 0.952 bits per heavy atom. The average molecular weight is 280 g/mol. The Morgan fingerprint density at radius 2 is 1.52 bits per heavy atom. The molecule has 0 aliphatic carbocycles. The molecule has 0 spiro atoms. The standard InChI is InChI=1S/C18H20N2O/c1-20-17(15-10-6-3-7-11-15)12-16(19-13-18(20)21)14-8-4-2-5-9-14/h2-11,16-17,19H,12-13H2,1H3/t16-,17+/m0/s1. The topological polar surface area (TPSA) is 32.3 Å². The summed E-state index contributed by atoms with van der Waals surface area (Å²) in [7, 11) is 1.90. The lowest BCUT2D eigenvalue weighted by atomic mass is 9.94. The quantitative estimate of drug-likeness (QED) is 0.917. The monoisotopic (exact) mass is 280 g/mol. The largest absolute Gasteiger partial charge is 0.338 e. The Kier molecular flexibility index (Phi) is 4.02. The Balaban J connectivity index is 1.91. The number of amides is 1. The maximum absolute atomic E-state index is 12.2. The fraction of sp³-hybridized carbons (Fsp3) is 0.278. The third-order valence-electron chi connectivity index (χ3n) is 4.21. The van der Waals surface area contributed by atoms with Gasteiger partial charge in [-0.15, -0.1) is 0 Å². The van der Waals surface area contributed by atoms with E-state index in [0.29, 0.717) is 6.54 Å². The summed E-state index contributed by atoms with van der Waals surface area (Å²) in [6.07, 6.45) is 0.885. The smallest absolute Gasteiger partial charge is 0.236 e. The Hall–Kier alpha value is -2.13. The molecule has 3 rings (SSSR count). The van der Waals surface area contributed by atoms with Gasteiger partial charge >= 0.3 is 0 Å². The van der Waals surface area contributed by atoms with Crippen molar-refractivity contribution in [1.82, 2.24) is 10.2 Å². The second kappa shape index (κ2) is 6.10. The van der Waals surface area contributed by atoms with Gasteiger partial charge in [0.15, 0.2) is 0 Å². The van der Waals surface area contributed by atoms with Crippen molar-refractivity contribution < 1.29 is 4.79 Å². The van der Waals surface area contributed by atoms with Crippen LogP contribution in [0.25, 0.3) is 0 Å². The van der Waals surface area contributed by atoms with Crippen LogP contribution < -0.4 is 5.32 Å². The molecular formula is C18H20N2O. The van der Waals surface area contributed by atoms with Crippen LogP contribution in [0.5, 0.6) is 0 Å². The van der Waals surface area contributed by atoms with Crippen LogP contribution in [0.4, 0.5) is 0 Å². The average Bonchev–Trinajstić information content (AvgIpc) is 2.69. The van der Waals surface area contributed by atoms with E-state index in [2.05, 4.69) is 29.6 Å². The van der Waals surface area contributed by atoms with Crippen molar-refractivity contribution in [3.05, 3.63) is 71.8 Å². The van der Waals surface area contributed by atoms with Crippen LogP contribution in [0, 0.1) is 0 Å². The van der Waals surface area contributed by atoms with Crippen molar-refractivity contribution in [2.75, 3.05) is 13.6 Å². The maximum atomic E-state index is 12.2. The van der Waals surface area contributed by atoms with Crippen molar-refractivity contribution in [3.8, 4) is 0 Å². The third kappa shape index (κ3) is 2.98. The number of hydrogen-bond donors (Lipinski definition) is 1. The van der Waals surface area contributed by atoms with Crippen LogP contribution in [0.15, 0.2) is 60.7 Å². The predicted molar refractivity (Wildman–Crippen MR) is 83.8 cm³/mol. The van der Waals surface area contributed by atoms with Crippen molar-refractivity contribution >= 4 is 5.91 Å². The molecule has 0 radical (unpaired) electrons. The van der Waals surface area contributed by atoms with Crippen LogP contribution in [0.3, 0.4) is 0 Å². The third-order valence-corrected chi connectivity index (χ3v) is 4.21. The van der Waals surface area contributed by atoms with E-state index < -0.39 is 0 Å². The van der Waals surface area contributed by atoms with Crippen molar-refractivity contribution in [2.45, 2.75) is 18.5 Å². The van der Waals surface area contributed by atoms with E-state index in [1.807, 2.05) is 48.3 Å². The van der Waals surface area contributed by atoms with Gasteiger partial charge in [0.25, 0.3) is 0 Å². The van der Waals surface area contributed by atoms with Gasteiger partial charge in [-0.3, -0.25) is 4.79 Å². The lowest BCUT2D eigenvalue weighted by Crippen LogP contribution is -2.33. The highest BCUT2D eigenvalue weighted by Crippen LogP contribution is 2.32. The van der Waals surface area contributed by atoms with Gasteiger partial charge in [-0.2, -0.15) is 0 Å². The molecule has 2 atom stereocenters. The second-order valence-electron chi connectivity index (χ2n) is 5.51. The summed E-state index contributed by atoms with van der Waals surface area (Å²) >= 11 is 0. The number of likely N-dealkylation sites (N-methyl/N-ethyl adjacent to an activating group) is 1. The first-order valence-corrected chi connectivity index (χ1v) is 7.34. The van der Waals surface area contributed by atoms with E-state index in [9.17, 15) is 4.79 Å². The Morgan fingerprint density at radius 3 is 2.14 bits per heavy atom. The Labute approximate surface area is 125 Å². The van der Waals surface area contributed by atoms with E-state index in [0.717, 1.165) is 6.42 Å². The van der Waals surface area contributed by atoms with E-state index in [1.54, 1.807) is 0 Å². The molecule has 21 heavy (non-hydrogen) atoms. The highest BCUT2D eigenvalue weighted by Gasteiger charge is 2.29. The summed E-state index contributed by atoms with van der Waals surface area (Å²) in [5, 5.41) is 3.39. The molecule has 0 aromatic heterocycles. The van der Waals surface area contributed by atoms with Crippen molar-refractivity contribution in [3.63, 3.8) is 0 Å². The van der Waals surface area contributed by atoms with Crippen molar-refractivity contribution in [1.29, 1.82) is 0 Å². The van der Waals surface area contributed by atoms with Crippen LogP contribution in [0.1, 0.15) is 29.6 Å². The zero-order valence-electron chi connectivity index (χ0n) is 12.2. The number of benzene rings is 2. The van der Waals surface area contributed by atoms with E-state index in [1.165, 1.54) is 11.1 Å². The molecule has 1 fully saturated rings. The van der Waals surface area contributed by atoms with Gasteiger partial charge in [0.05, 0.1) is 12.6 Å². The summed E-state index contributed by atoms with van der Waals surface area (Å²) < 4.78 is 0. The normalized spacial score (nSPS) is 22.9. The first-order valence-electron chi connectivity index (χ1n) is 7.34. The lowest BCUT2D eigenvalue weighted by molar-refractivity contribution is -0.130. The Bertz CT molecular complexity index is 597. The van der Waals surface area contributed by atoms with E-state index in [-0.39, 0.29) is 18.0 Å². The predicted octanol–water partition coefficient (Wildman–Crippen LogP) is 2.92. The summed E-state index contributed by atoms with van der Waals surface area (Å²) in [4.78, 5) is 14.1. The van der Waals surface area contributed by atoms with Gasteiger partial charge in [0, 0.05) is 13.1 Å². The summed E-state index contributed by atoms with van der Waals surface area (Å²) in [6, 6.07) is 20.9. The van der Waals surface area contributed by atoms with E-state index >= 15 is 0 Å². The fourth-order valence-corrected chi connectivity index (χ4v) is 2.95. The molecule has 2 aromatic rings. The molecule has 108 valence electrons. The van der Waals surface area contributed by atoms with Crippen molar-refractivity contribution in [2.24, 2.45) is 0 Å². The number of nitrogens with one attached hydrogen (secondary N) is 1. The zero-order chi connectivity index (χ0) is 14.7. The second-order valence-corrected chi connectivity index (χ2v) is 5.51. The van der Waals surface area contributed by atoms with Gasteiger partial charge in [-0.05, 0) is 17.5 Å². The molecule has 0 unspecified atom stereocenters. The number of nitrogens with zero attached hydrogens (tertiary/aromatic N) is 1. The van der Waals surface area contributed by atoms with Crippen LogP contribution >= 0.6 is 0 Å². The first-order chi connectivity index (χ1) is 10.3. The lowest BCUT2D eigenvalue weighted by Gasteiger charge is -2.28. The maximum Gasteiger partial charge on any atom is 0.236 e. The number of rotatable bonds is 2. The molecule has 1 N–H and O–H groups in total. The molecule has 2 aromatic carbocycles. The van der Waals surface area contributed by atoms with Gasteiger partial charge in [-0.25, -0.2) is 0 Å². The summed E-state index contributed by atoms with van der Waals surface area (Å²) in [5.74, 6) is 0.141. The van der Waals surface area contributed by atoms with Crippen LogP contribution in [0.2, 0.25) is 0 Å². The van der Waals surface area contributed by atoms with Gasteiger partial charge in [0.1, 0.15) is 0 Å². The number of hydrogen-bond acceptors (Lipinski definition) is 2. The molecule has 3 heteroatoms. The minimum Gasteiger partial charge on any atom is -0.338 e. The van der Waals surface area contributed by atoms with Crippen LogP contribution in [-0.2, 0) is 4.79 Å². The van der Waals surface area contributed by atoms with Gasteiger partial charge in [0.2, 0.25) is 5.91 Å². The number of carbonyl (C=O) groups is 1. The molecule has 1 saturated heterocycles. The minimum absolute atomic E-state index is 0.110. The zero-order valence-corrected chi connectivity index (χ0v) is 12.2. The molecule has 0 bridgehead atoms. The highest BCUT2D eigenvalue weighted by atomic mass is 16.2. The molecule has 1 aliphatic heterocycles. The SMILES string of the molecule is CN1C(=O)CN[C@H](c2ccccc2)C[C@@H]1c1ccccc1. The summed E-state index contributed by atoms with van der Waals surface area (Å²) in [5.41, 5.74) is 2.43. The molecular weight excluding hydrogens is 260 g/mol. The number of carbonyl (C=O) groups excluding carboxylic acids is 1. The highest BCUT2D eigenvalue weighted by molar-refractivity contribution is 5.79. The molecule has 1 amide bonds. The minimum atomic E-state index is 0.110. The fourth-order valence-electron chi connectivity index (χ4n) is 2.95. The van der Waals surface area contributed by atoms with Gasteiger partial charge in [-0.1, -0.05) is 60.7 Å². The summed E-state index contributed by atoms with van der Waals surface area (Å²) in [6.45, 7) is 0.388. The molecule has 1 heterocycles.